The molecule has 0 aliphatic carbocycles. The van der Waals surface area contributed by atoms with Gasteiger partial charge in [0, 0.05) is 6.07 Å². The van der Waals surface area contributed by atoms with E-state index in [0.717, 1.165) is 0 Å². The van der Waals surface area contributed by atoms with Crippen molar-refractivity contribution in [2.75, 3.05) is 0 Å². The van der Waals surface area contributed by atoms with Crippen molar-refractivity contribution < 1.29 is 65.9 Å². The maximum Gasteiger partial charge on any atom is 1.00 e. The number of carbonyl (C=O) groups excluding carboxylic acids is 2. The van der Waals surface area contributed by atoms with E-state index in [4.69, 9.17) is 0 Å². The molecular weight excluding hydrogens is 227 g/mol. The van der Waals surface area contributed by atoms with Crippen LogP contribution in [0.1, 0.15) is 20.7 Å². The minimum Gasteiger partial charge on any atom is -0.288 e. The van der Waals surface area contributed by atoms with Gasteiger partial charge in [0.15, 0.2) is 0 Å². The Kier molecular flexibility index (Phi) is 3.74. The van der Waals surface area contributed by atoms with Crippen molar-refractivity contribution in [2.24, 2.45) is 0 Å². The van der Waals surface area contributed by atoms with Gasteiger partial charge in [0.05, 0.1) is 10.5 Å². The Labute approximate surface area is 127 Å². The van der Waals surface area contributed by atoms with Crippen LogP contribution in [0.4, 0.5) is 5.69 Å². The number of hydrogen-bond donors (Lipinski definition) is 1. The van der Waals surface area contributed by atoms with Crippen molar-refractivity contribution in [2.45, 2.75) is 0 Å². The Morgan fingerprint density at radius 3 is 2.47 bits per heavy atom. The van der Waals surface area contributed by atoms with Crippen LogP contribution in [0.25, 0.3) is 0 Å². The van der Waals surface area contributed by atoms with E-state index in [1.54, 1.807) is 0 Å². The molecule has 0 spiro atoms. The second-order valence-electron chi connectivity index (χ2n) is 2.74. The minimum atomic E-state index is -0.711. The maximum absolute atomic E-state index is 11.2. The third-order valence-corrected chi connectivity index (χ3v) is 1.94. The molecule has 1 aliphatic heterocycles. The first-order valence-electron chi connectivity index (χ1n) is 3.74. The van der Waals surface area contributed by atoms with Crippen molar-refractivity contribution in [3.63, 3.8) is 0 Å². The molecule has 0 atom stereocenters. The molecule has 15 heavy (non-hydrogen) atoms. The summed E-state index contributed by atoms with van der Waals surface area (Å²) in [6.07, 6.45) is 0. The third kappa shape index (κ3) is 2.01. The number of imide groups is 1. The van der Waals surface area contributed by atoms with Crippen LogP contribution >= 0.6 is 0 Å². The molecule has 1 aliphatic rings. The van der Waals surface area contributed by atoms with Crippen LogP contribution in [0, 0.1) is 10.1 Å². The Balaban J connectivity index is 0.00000112. The predicted octanol–water partition coefficient (Wildman–Crippen LogP) is -2.52. The normalized spacial score (nSPS) is 12.8. The smallest absolute Gasteiger partial charge is 0.288 e. The summed E-state index contributed by atoms with van der Waals surface area (Å²) in [6.45, 7) is 0. The van der Waals surface area contributed by atoms with Gasteiger partial charge in [-0.3, -0.25) is 25.0 Å². The molecule has 1 aromatic rings. The van der Waals surface area contributed by atoms with E-state index in [2.05, 4.69) is 0 Å². The zero-order valence-electron chi connectivity index (χ0n) is 7.81. The molecule has 7 heteroatoms. The van der Waals surface area contributed by atoms with Crippen molar-refractivity contribution >= 4 is 17.5 Å². The number of nitrogens with zero attached hydrogens (tertiary/aromatic N) is 1. The summed E-state index contributed by atoms with van der Waals surface area (Å²) in [4.78, 5) is 32.1. The van der Waals surface area contributed by atoms with Gasteiger partial charge in [-0.05, 0) is 6.07 Å². The first-order valence-corrected chi connectivity index (χ1v) is 3.74. The molecule has 1 heterocycles. The van der Waals surface area contributed by atoms with Gasteiger partial charge in [-0.15, -0.1) is 0 Å². The Morgan fingerprint density at radius 1 is 1.20 bits per heavy atom. The van der Waals surface area contributed by atoms with Crippen LogP contribution in [-0.4, -0.2) is 16.7 Å². The summed E-state index contributed by atoms with van der Waals surface area (Å²) < 4.78 is 0. The molecule has 0 aromatic heterocycles. The average molecular weight is 231 g/mol. The molecule has 1 N–H and O–H groups in total. The number of hydrogen-bond acceptors (Lipinski definition) is 4. The number of nitro benzene ring substituents is 1. The molecule has 0 radical (unpaired) electrons. The molecule has 0 fully saturated rings. The molecule has 70 valence electrons. The van der Waals surface area contributed by atoms with Gasteiger partial charge >= 0.3 is 51.4 Å². The molecule has 0 bridgehead atoms. The van der Waals surface area contributed by atoms with Gasteiger partial charge < -0.3 is 0 Å². The minimum absolute atomic E-state index is 0. The fourth-order valence-corrected chi connectivity index (χ4v) is 1.35. The van der Waals surface area contributed by atoms with Crippen molar-refractivity contribution in [3.8, 4) is 0 Å². The van der Waals surface area contributed by atoms with Crippen molar-refractivity contribution in [3.05, 3.63) is 39.4 Å². The second-order valence-corrected chi connectivity index (χ2v) is 2.74. The van der Waals surface area contributed by atoms with Gasteiger partial charge in [0.25, 0.3) is 17.5 Å². The first-order chi connectivity index (χ1) is 6.61. The number of nitrogens with one attached hydrogen (secondary N) is 1. The molecule has 0 saturated carbocycles. The van der Waals surface area contributed by atoms with Gasteiger partial charge in [-0.2, -0.15) is 0 Å². The van der Waals surface area contributed by atoms with Crippen LogP contribution in [-0.2, 0) is 0 Å². The second kappa shape index (κ2) is 4.50. The first kappa shape index (κ1) is 12.5. The van der Waals surface area contributed by atoms with Gasteiger partial charge in [0.1, 0.15) is 5.56 Å². The van der Waals surface area contributed by atoms with Crippen LogP contribution in [0.3, 0.4) is 0 Å². The number of amides is 2. The molecule has 6 nitrogen and oxygen atoms in total. The van der Waals surface area contributed by atoms with Crippen LogP contribution < -0.4 is 56.7 Å². The summed E-state index contributed by atoms with van der Waals surface area (Å²) in [6, 6.07) is 3.94. The molecule has 0 saturated heterocycles. The molecular formula is C8H4KN2O4+. The van der Waals surface area contributed by atoms with Gasteiger partial charge in [0.2, 0.25) is 0 Å². The standard InChI is InChI=1S/C8H4N2O4.K/c11-7-4-2-1-3-5(10(13)14)6(4)8(12)9-7;/h1-3H,(H,9,11,12);/q;+1. The number of nitro groups is 1. The van der Waals surface area contributed by atoms with Crippen LogP contribution in [0.15, 0.2) is 18.2 Å². The largest absolute Gasteiger partial charge is 1.00 e. The van der Waals surface area contributed by atoms with E-state index in [-0.39, 0.29) is 68.2 Å². The van der Waals surface area contributed by atoms with Crippen molar-refractivity contribution in [1.29, 1.82) is 0 Å². The fraction of sp³-hybridized carbons (Fsp3) is 0. The van der Waals surface area contributed by atoms with E-state index in [9.17, 15) is 19.7 Å². The van der Waals surface area contributed by atoms with E-state index < -0.39 is 16.7 Å². The predicted molar refractivity (Wildman–Crippen MR) is 44.9 cm³/mol. The zero-order valence-corrected chi connectivity index (χ0v) is 10.9. The molecule has 2 amide bonds. The zero-order chi connectivity index (χ0) is 10.3. The Bertz CT molecular complexity index is 472. The summed E-state index contributed by atoms with van der Waals surface area (Å²) >= 11 is 0. The van der Waals surface area contributed by atoms with Crippen molar-refractivity contribution in [1.82, 2.24) is 5.32 Å². The van der Waals surface area contributed by atoms with Crippen LogP contribution in [0.5, 0.6) is 0 Å². The molecule has 0 unspecified atom stereocenters. The van der Waals surface area contributed by atoms with E-state index in [1.165, 1.54) is 18.2 Å². The van der Waals surface area contributed by atoms with E-state index in [0.29, 0.717) is 0 Å². The monoisotopic (exact) mass is 231 g/mol. The number of carbonyl (C=O) groups is 2. The van der Waals surface area contributed by atoms with Gasteiger partial charge in [-0.25, -0.2) is 0 Å². The maximum atomic E-state index is 11.2. The topological polar surface area (TPSA) is 89.3 Å². The van der Waals surface area contributed by atoms with Gasteiger partial charge in [-0.1, -0.05) is 6.07 Å². The van der Waals surface area contributed by atoms with Crippen LogP contribution in [0.2, 0.25) is 0 Å². The summed E-state index contributed by atoms with van der Waals surface area (Å²) in [5.74, 6) is -1.30. The molecule has 1 aromatic carbocycles. The fourth-order valence-electron chi connectivity index (χ4n) is 1.35. The summed E-state index contributed by atoms with van der Waals surface area (Å²) in [5.41, 5.74) is -0.433. The quantitative estimate of drug-likeness (QED) is 0.250. The SMILES string of the molecule is O=C1NC(=O)c2c1cccc2[N+](=O)[O-].[K+]. The Morgan fingerprint density at radius 2 is 1.87 bits per heavy atom. The summed E-state index contributed by atoms with van der Waals surface area (Å²) in [7, 11) is 0. The Hall–Kier alpha value is -0.604. The number of rotatable bonds is 1. The number of benzene rings is 1. The summed E-state index contributed by atoms with van der Waals surface area (Å²) in [5, 5.41) is 12.5. The van der Waals surface area contributed by atoms with E-state index >= 15 is 0 Å². The number of fused-ring (bicyclic) bond motifs is 1. The average Bonchev–Trinajstić information content (AvgIpc) is 2.43. The third-order valence-electron chi connectivity index (χ3n) is 1.94. The molecule has 2 rings (SSSR count). The van der Waals surface area contributed by atoms with E-state index in [1.807, 2.05) is 5.32 Å².